The minimum Gasteiger partial charge on any atom is -0.490 e. The Bertz CT molecular complexity index is 549. The summed E-state index contributed by atoms with van der Waals surface area (Å²) in [5, 5.41) is 7.42. The summed E-state index contributed by atoms with van der Waals surface area (Å²) >= 11 is 0. The summed E-state index contributed by atoms with van der Waals surface area (Å²) in [6, 6.07) is 3.81. The van der Waals surface area contributed by atoms with Crippen molar-refractivity contribution in [2.45, 2.75) is 26.7 Å². The zero-order chi connectivity index (χ0) is 16.4. The van der Waals surface area contributed by atoms with Crippen LogP contribution in [0.4, 0.5) is 0 Å². The highest BCUT2D eigenvalue weighted by Crippen LogP contribution is 2.33. The molecule has 1 aromatic rings. The van der Waals surface area contributed by atoms with Gasteiger partial charge in [0, 0.05) is 5.56 Å². The molecule has 0 aliphatic carbocycles. The molecule has 0 saturated carbocycles. The van der Waals surface area contributed by atoms with E-state index in [-0.39, 0.29) is 5.96 Å². The van der Waals surface area contributed by atoms with Crippen LogP contribution in [0.2, 0.25) is 0 Å². The number of ether oxygens (including phenoxy) is 2. The molecule has 120 valence electrons. The molecule has 0 aliphatic heterocycles. The van der Waals surface area contributed by atoms with Crippen LogP contribution >= 0.6 is 0 Å². The van der Waals surface area contributed by atoms with Crippen LogP contribution in [-0.4, -0.2) is 25.4 Å². The third kappa shape index (κ3) is 5.47. The Hall–Kier alpha value is -2.50. The first kappa shape index (κ1) is 17.6. The molecule has 6 heteroatoms. The molecule has 6 nitrogen and oxygen atoms in total. The summed E-state index contributed by atoms with van der Waals surface area (Å²) in [4.78, 5) is 0. The average molecular weight is 304 g/mol. The van der Waals surface area contributed by atoms with Gasteiger partial charge < -0.3 is 20.9 Å². The van der Waals surface area contributed by atoms with Crippen LogP contribution in [0.15, 0.2) is 35.0 Å². The van der Waals surface area contributed by atoms with Crippen molar-refractivity contribution in [1.29, 1.82) is 0 Å². The largest absolute Gasteiger partial charge is 0.490 e. The summed E-state index contributed by atoms with van der Waals surface area (Å²) in [5.41, 5.74) is 12.3. The van der Waals surface area contributed by atoms with Crippen LogP contribution in [0.1, 0.15) is 31.4 Å². The summed E-state index contributed by atoms with van der Waals surface area (Å²) < 4.78 is 11.5. The number of guanidine groups is 1. The maximum atomic E-state index is 5.84. The maximum absolute atomic E-state index is 5.84. The molecule has 0 spiro atoms. The van der Waals surface area contributed by atoms with Gasteiger partial charge in [0.2, 0.25) is 5.96 Å². The van der Waals surface area contributed by atoms with E-state index in [1.807, 2.05) is 25.1 Å². The molecule has 1 aromatic carbocycles. The van der Waals surface area contributed by atoms with Crippen LogP contribution in [0, 0.1) is 0 Å². The number of hydrogen-bond donors (Lipinski definition) is 2. The lowest BCUT2D eigenvalue weighted by atomic mass is 10.1. The first-order chi connectivity index (χ1) is 10.6. The van der Waals surface area contributed by atoms with Crippen LogP contribution < -0.4 is 20.9 Å². The molecule has 0 aromatic heterocycles. The highest BCUT2D eigenvalue weighted by molar-refractivity contribution is 5.83. The van der Waals surface area contributed by atoms with E-state index >= 15 is 0 Å². The summed E-state index contributed by atoms with van der Waals surface area (Å²) in [5.74, 6) is 1.35. The van der Waals surface area contributed by atoms with Gasteiger partial charge in [0.05, 0.1) is 19.4 Å². The minimum atomic E-state index is -0.0875. The Morgan fingerprint density at radius 3 is 2.64 bits per heavy atom. The van der Waals surface area contributed by atoms with Gasteiger partial charge in [-0.15, -0.1) is 11.7 Å². The van der Waals surface area contributed by atoms with Gasteiger partial charge in [-0.05, 0) is 37.5 Å². The molecule has 0 aliphatic rings. The molecule has 0 bridgehead atoms. The van der Waals surface area contributed by atoms with E-state index in [9.17, 15) is 0 Å². The van der Waals surface area contributed by atoms with Gasteiger partial charge in [-0.3, -0.25) is 0 Å². The average Bonchev–Trinajstić information content (AvgIpc) is 2.47. The summed E-state index contributed by atoms with van der Waals surface area (Å²) in [6.07, 6.45) is 4.98. The van der Waals surface area contributed by atoms with Gasteiger partial charge in [0.15, 0.2) is 11.5 Å². The third-order valence-electron chi connectivity index (χ3n) is 2.65. The first-order valence-corrected chi connectivity index (χ1v) is 7.27. The number of hydrogen-bond acceptors (Lipinski definition) is 4. The van der Waals surface area contributed by atoms with E-state index in [1.165, 1.54) is 0 Å². The van der Waals surface area contributed by atoms with Crippen LogP contribution in [0.25, 0.3) is 0 Å². The summed E-state index contributed by atoms with van der Waals surface area (Å²) in [6.45, 7) is 8.95. The molecule has 0 saturated heterocycles. The molecule has 4 N–H and O–H groups in total. The van der Waals surface area contributed by atoms with E-state index in [2.05, 4.69) is 23.7 Å². The van der Waals surface area contributed by atoms with Crippen molar-refractivity contribution >= 4 is 12.2 Å². The zero-order valence-corrected chi connectivity index (χ0v) is 13.2. The van der Waals surface area contributed by atoms with Crippen LogP contribution in [0.5, 0.6) is 11.5 Å². The molecule has 0 atom stereocenters. The molecule has 0 amide bonds. The SMILES string of the molecule is C=CCc1cc(C=NN=C(N)N)cc(OCC)c1OCCC. The highest BCUT2D eigenvalue weighted by atomic mass is 16.5. The van der Waals surface area contributed by atoms with Gasteiger partial charge in [0.1, 0.15) is 0 Å². The molecule has 0 fully saturated rings. The fourth-order valence-electron chi connectivity index (χ4n) is 1.86. The quantitative estimate of drug-likeness (QED) is 0.316. The van der Waals surface area contributed by atoms with E-state index in [4.69, 9.17) is 20.9 Å². The fraction of sp³-hybridized carbons (Fsp3) is 0.375. The third-order valence-corrected chi connectivity index (χ3v) is 2.65. The monoisotopic (exact) mass is 304 g/mol. The lowest BCUT2D eigenvalue weighted by molar-refractivity contribution is 0.275. The highest BCUT2D eigenvalue weighted by Gasteiger charge is 2.12. The topological polar surface area (TPSA) is 95.2 Å². The van der Waals surface area contributed by atoms with Crippen molar-refractivity contribution in [3.8, 4) is 11.5 Å². The Balaban J connectivity index is 3.22. The van der Waals surface area contributed by atoms with Crippen LogP contribution in [0.3, 0.4) is 0 Å². The Morgan fingerprint density at radius 1 is 1.27 bits per heavy atom. The van der Waals surface area contributed by atoms with E-state index in [0.29, 0.717) is 25.4 Å². The lowest BCUT2D eigenvalue weighted by Crippen LogP contribution is -2.21. The Morgan fingerprint density at radius 2 is 2.05 bits per heavy atom. The Labute approximate surface area is 131 Å². The zero-order valence-electron chi connectivity index (χ0n) is 13.2. The molecule has 22 heavy (non-hydrogen) atoms. The predicted molar refractivity (Wildman–Crippen MR) is 90.7 cm³/mol. The molecule has 0 unspecified atom stereocenters. The standard InChI is InChI=1S/C16H24N4O2/c1-4-7-13-9-12(11-19-20-16(17)18)10-14(21-6-3)15(13)22-8-5-2/h4,9-11H,1,5-8H2,2-3H3,(H4,17,18,20). The number of allylic oxidation sites excluding steroid dienone is 1. The van der Waals surface area contributed by atoms with Crippen molar-refractivity contribution in [3.05, 3.63) is 35.9 Å². The van der Waals surface area contributed by atoms with E-state index in [0.717, 1.165) is 23.3 Å². The van der Waals surface area contributed by atoms with Gasteiger partial charge in [-0.25, -0.2) is 0 Å². The number of nitrogens with two attached hydrogens (primary N) is 2. The first-order valence-electron chi connectivity index (χ1n) is 7.27. The van der Waals surface area contributed by atoms with Crippen molar-refractivity contribution in [3.63, 3.8) is 0 Å². The number of nitrogens with zero attached hydrogens (tertiary/aromatic N) is 2. The molecule has 0 radical (unpaired) electrons. The molecular weight excluding hydrogens is 280 g/mol. The molecule has 1 rings (SSSR count). The molecular formula is C16H24N4O2. The van der Waals surface area contributed by atoms with Gasteiger partial charge in [-0.2, -0.15) is 5.10 Å². The van der Waals surface area contributed by atoms with Crippen LogP contribution in [-0.2, 0) is 6.42 Å². The summed E-state index contributed by atoms with van der Waals surface area (Å²) in [7, 11) is 0. The van der Waals surface area contributed by atoms with Gasteiger partial charge in [-0.1, -0.05) is 13.0 Å². The number of benzene rings is 1. The van der Waals surface area contributed by atoms with Gasteiger partial charge in [0.25, 0.3) is 0 Å². The second-order valence-electron chi connectivity index (χ2n) is 4.55. The predicted octanol–water partition coefficient (Wildman–Crippen LogP) is 2.21. The molecule has 0 heterocycles. The fourth-order valence-corrected chi connectivity index (χ4v) is 1.86. The minimum absolute atomic E-state index is 0.0875. The maximum Gasteiger partial charge on any atom is 0.211 e. The number of rotatable bonds is 9. The smallest absolute Gasteiger partial charge is 0.211 e. The van der Waals surface area contributed by atoms with Gasteiger partial charge >= 0.3 is 0 Å². The van der Waals surface area contributed by atoms with Crippen molar-refractivity contribution < 1.29 is 9.47 Å². The second kappa shape index (κ2) is 9.44. The second-order valence-corrected chi connectivity index (χ2v) is 4.55. The van der Waals surface area contributed by atoms with Crippen molar-refractivity contribution in [2.75, 3.05) is 13.2 Å². The van der Waals surface area contributed by atoms with E-state index in [1.54, 1.807) is 6.21 Å². The van der Waals surface area contributed by atoms with Crippen molar-refractivity contribution in [1.82, 2.24) is 0 Å². The van der Waals surface area contributed by atoms with Crippen molar-refractivity contribution in [2.24, 2.45) is 21.7 Å². The van der Waals surface area contributed by atoms with E-state index < -0.39 is 0 Å². The normalized spacial score (nSPS) is 10.5. The lowest BCUT2D eigenvalue weighted by Gasteiger charge is -2.16. The Kier molecular flexibility index (Phi) is 7.53.